The Kier molecular flexibility index (Phi) is 1.85. The average Bonchev–Trinajstić information content (AvgIpc) is 2.47. The van der Waals surface area contributed by atoms with Crippen LogP contribution in [0.5, 0.6) is 0 Å². The first kappa shape index (κ1) is 9.51. The largest absolute Gasteiger partial charge is 0.330 e. The number of rotatable bonds is 2. The summed E-state index contributed by atoms with van der Waals surface area (Å²) >= 11 is 0. The summed E-state index contributed by atoms with van der Waals surface area (Å²) in [5.41, 5.74) is 5.44. The second-order valence-electron chi connectivity index (χ2n) is 3.97. The third-order valence-electron chi connectivity index (χ3n) is 2.73. The van der Waals surface area contributed by atoms with Gasteiger partial charge in [0.15, 0.2) is 0 Å². The minimum absolute atomic E-state index is 0.196. The van der Waals surface area contributed by atoms with Crippen LogP contribution in [0.1, 0.15) is 18.5 Å². The van der Waals surface area contributed by atoms with Crippen molar-refractivity contribution in [2.45, 2.75) is 24.2 Å². The number of hydrogen-bond donors (Lipinski definition) is 1. The van der Waals surface area contributed by atoms with Gasteiger partial charge in [-0.3, -0.25) is 4.68 Å². The number of aryl methyl sites for hydroxylation is 1. The summed E-state index contributed by atoms with van der Waals surface area (Å²) in [4.78, 5) is 0. The molecule has 0 bridgehead atoms. The van der Waals surface area contributed by atoms with Crippen LogP contribution >= 0.6 is 0 Å². The number of alkyl halides is 2. The first-order valence-corrected chi connectivity index (χ1v) is 4.42. The Morgan fingerprint density at radius 2 is 2.21 bits per heavy atom. The average molecular weight is 202 g/mol. The van der Waals surface area contributed by atoms with Gasteiger partial charge in [0.25, 0.3) is 0 Å². The van der Waals surface area contributed by atoms with Crippen LogP contribution in [0.25, 0.3) is 0 Å². The van der Waals surface area contributed by atoms with E-state index >= 15 is 0 Å². The molecule has 1 fully saturated rings. The third-order valence-corrected chi connectivity index (χ3v) is 2.73. The molecule has 2 N–H and O–H groups in total. The van der Waals surface area contributed by atoms with E-state index in [1.807, 2.05) is 0 Å². The van der Waals surface area contributed by atoms with E-state index in [0.717, 1.165) is 0 Å². The van der Waals surface area contributed by atoms with Gasteiger partial charge in [-0.25, -0.2) is 8.78 Å². The minimum Gasteiger partial charge on any atom is -0.330 e. The lowest BCUT2D eigenvalue weighted by molar-refractivity contribution is -0.125. The maximum atomic E-state index is 12.8. The minimum atomic E-state index is -2.59. The zero-order valence-electron chi connectivity index (χ0n) is 7.87. The first-order chi connectivity index (χ1) is 6.47. The van der Waals surface area contributed by atoms with Gasteiger partial charge in [0, 0.05) is 38.0 Å². The third kappa shape index (κ3) is 1.30. The van der Waals surface area contributed by atoms with E-state index in [0.29, 0.717) is 5.69 Å². The lowest BCUT2D eigenvalue weighted by Crippen LogP contribution is -2.54. The lowest BCUT2D eigenvalue weighted by Gasteiger charge is -2.45. The summed E-state index contributed by atoms with van der Waals surface area (Å²) in [5.74, 6) is -2.59. The molecular formula is C8H12F2N4. The number of aromatic nitrogens is 3. The summed E-state index contributed by atoms with van der Waals surface area (Å²) in [6, 6.07) is 0. The van der Waals surface area contributed by atoms with Gasteiger partial charge in [0.2, 0.25) is 5.92 Å². The molecule has 0 radical (unpaired) electrons. The highest BCUT2D eigenvalue weighted by atomic mass is 19.3. The van der Waals surface area contributed by atoms with E-state index in [9.17, 15) is 8.78 Å². The van der Waals surface area contributed by atoms with Crippen LogP contribution in [0.15, 0.2) is 6.20 Å². The Labute approximate surface area is 80.1 Å². The molecule has 1 aliphatic carbocycles. The molecule has 4 nitrogen and oxygen atoms in total. The second-order valence-corrected chi connectivity index (χ2v) is 3.97. The zero-order chi connectivity index (χ0) is 10.4. The first-order valence-electron chi connectivity index (χ1n) is 4.42. The molecule has 2 rings (SSSR count). The molecule has 0 saturated heterocycles. The van der Waals surface area contributed by atoms with Gasteiger partial charge in [-0.15, -0.1) is 5.10 Å². The van der Waals surface area contributed by atoms with E-state index < -0.39 is 11.3 Å². The van der Waals surface area contributed by atoms with Crippen molar-refractivity contribution in [3.8, 4) is 0 Å². The van der Waals surface area contributed by atoms with Crippen molar-refractivity contribution in [3.05, 3.63) is 11.9 Å². The predicted octanol–water partition coefficient (Wildman–Crippen LogP) is 0.441. The summed E-state index contributed by atoms with van der Waals surface area (Å²) in [6.45, 7) is 0.196. The highest BCUT2D eigenvalue weighted by Gasteiger charge is 2.57. The molecule has 0 atom stereocenters. The van der Waals surface area contributed by atoms with Crippen molar-refractivity contribution >= 4 is 0 Å². The molecule has 6 heteroatoms. The van der Waals surface area contributed by atoms with E-state index in [-0.39, 0.29) is 19.4 Å². The quantitative estimate of drug-likeness (QED) is 0.757. The van der Waals surface area contributed by atoms with Gasteiger partial charge in [0.05, 0.1) is 5.69 Å². The van der Waals surface area contributed by atoms with Gasteiger partial charge in [-0.2, -0.15) is 0 Å². The Morgan fingerprint density at radius 1 is 1.57 bits per heavy atom. The van der Waals surface area contributed by atoms with Gasteiger partial charge < -0.3 is 5.73 Å². The fraction of sp³-hybridized carbons (Fsp3) is 0.750. The van der Waals surface area contributed by atoms with Crippen molar-refractivity contribution in [1.29, 1.82) is 0 Å². The predicted molar refractivity (Wildman–Crippen MR) is 45.9 cm³/mol. The maximum absolute atomic E-state index is 12.8. The molecule has 1 aromatic heterocycles. The van der Waals surface area contributed by atoms with Gasteiger partial charge in [0.1, 0.15) is 0 Å². The Hall–Kier alpha value is -1.04. The van der Waals surface area contributed by atoms with Crippen LogP contribution in [0.2, 0.25) is 0 Å². The number of nitrogens with two attached hydrogens (primary N) is 1. The second kappa shape index (κ2) is 2.73. The normalized spacial score (nSPS) is 23.1. The van der Waals surface area contributed by atoms with Crippen LogP contribution < -0.4 is 5.73 Å². The molecule has 0 unspecified atom stereocenters. The van der Waals surface area contributed by atoms with Gasteiger partial charge >= 0.3 is 0 Å². The Balaban J connectivity index is 2.24. The fourth-order valence-corrected chi connectivity index (χ4v) is 1.96. The van der Waals surface area contributed by atoms with Crippen molar-refractivity contribution in [3.63, 3.8) is 0 Å². The summed E-state index contributed by atoms with van der Waals surface area (Å²) in [5, 5.41) is 7.57. The van der Waals surface area contributed by atoms with Crippen LogP contribution in [-0.4, -0.2) is 27.5 Å². The molecule has 0 spiro atoms. The molecule has 78 valence electrons. The molecule has 1 aliphatic rings. The van der Waals surface area contributed by atoms with E-state index in [1.165, 1.54) is 4.68 Å². The Bertz CT molecular complexity index is 339. The highest BCUT2D eigenvalue weighted by Crippen LogP contribution is 2.52. The summed E-state index contributed by atoms with van der Waals surface area (Å²) < 4.78 is 27.1. The van der Waals surface area contributed by atoms with Crippen LogP contribution in [0, 0.1) is 0 Å². The molecule has 1 heterocycles. The molecular weight excluding hydrogens is 190 g/mol. The van der Waals surface area contributed by atoms with Crippen molar-refractivity contribution in [2.24, 2.45) is 12.8 Å². The highest BCUT2D eigenvalue weighted by molar-refractivity contribution is 5.22. The van der Waals surface area contributed by atoms with Crippen molar-refractivity contribution in [2.75, 3.05) is 6.54 Å². The maximum Gasteiger partial charge on any atom is 0.250 e. The summed E-state index contributed by atoms with van der Waals surface area (Å²) in [7, 11) is 1.71. The monoisotopic (exact) mass is 202 g/mol. The topological polar surface area (TPSA) is 56.7 Å². The van der Waals surface area contributed by atoms with Gasteiger partial charge in [-0.1, -0.05) is 5.21 Å². The van der Waals surface area contributed by atoms with Gasteiger partial charge in [-0.05, 0) is 0 Å². The zero-order valence-corrected chi connectivity index (χ0v) is 7.87. The smallest absolute Gasteiger partial charge is 0.250 e. The van der Waals surface area contributed by atoms with Crippen LogP contribution in [0.4, 0.5) is 8.78 Å². The van der Waals surface area contributed by atoms with E-state index in [1.54, 1.807) is 13.2 Å². The summed E-state index contributed by atoms with van der Waals surface area (Å²) in [6.07, 6.45) is 1.23. The number of halogens is 2. The van der Waals surface area contributed by atoms with E-state index in [2.05, 4.69) is 10.3 Å². The standard InChI is InChI=1S/C8H12F2N4/c1-14-2-6(12-13-14)7(5-11)3-8(9,10)4-7/h2H,3-5,11H2,1H3. The fourth-order valence-electron chi connectivity index (χ4n) is 1.96. The van der Waals surface area contributed by atoms with Crippen LogP contribution in [0.3, 0.4) is 0 Å². The van der Waals surface area contributed by atoms with Crippen molar-refractivity contribution in [1.82, 2.24) is 15.0 Å². The van der Waals surface area contributed by atoms with Crippen molar-refractivity contribution < 1.29 is 8.78 Å². The van der Waals surface area contributed by atoms with Crippen LogP contribution in [-0.2, 0) is 12.5 Å². The molecule has 14 heavy (non-hydrogen) atoms. The number of nitrogens with zero attached hydrogens (tertiary/aromatic N) is 3. The molecule has 0 aromatic carbocycles. The molecule has 0 amide bonds. The SMILES string of the molecule is Cn1cc(C2(CN)CC(F)(F)C2)nn1. The lowest BCUT2D eigenvalue weighted by atomic mass is 9.64. The van der Waals surface area contributed by atoms with E-state index in [4.69, 9.17) is 5.73 Å². The number of hydrogen-bond acceptors (Lipinski definition) is 3. The Morgan fingerprint density at radius 3 is 2.57 bits per heavy atom. The molecule has 1 aromatic rings. The molecule has 0 aliphatic heterocycles. The molecule has 1 saturated carbocycles.